The van der Waals surface area contributed by atoms with Crippen LogP contribution in [0.4, 0.5) is 0 Å². The van der Waals surface area contributed by atoms with E-state index in [2.05, 4.69) is 0 Å². The largest absolute Gasteiger partial charge is 0.455 e. The maximum absolute atomic E-state index is 12.4. The molecule has 90 valence electrons. The number of fused-ring (bicyclic) bond motifs is 2. The lowest BCUT2D eigenvalue weighted by Gasteiger charge is -2.19. The number of carbonyl (C=O) groups is 1. The monoisotopic (exact) mass is 258 g/mol. The molecule has 1 aliphatic rings. The minimum absolute atomic E-state index is 0.0475. The van der Waals surface area contributed by atoms with Gasteiger partial charge in [0, 0.05) is 5.56 Å². The Labute approximate surface area is 107 Å². The highest BCUT2D eigenvalue weighted by molar-refractivity contribution is 7.85. The molecule has 0 aromatic heterocycles. The molecule has 18 heavy (non-hydrogen) atoms. The molecule has 0 saturated heterocycles. The number of Topliss-reactive ketones (excluding diaryl/α,β-unsaturated/α-hetero) is 1. The standard InChI is InChI=1S/C14H10O3S/c1-9(15)10-6-7-12-14(8-10)18(16)13-5-3-2-4-11(13)17-12/h2-8H,1H3/t18-/m0/s1. The number of carbonyl (C=O) groups excluding carboxylic acids is 1. The van der Waals surface area contributed by atoms with Crippen molar-refractivity contribution in [3.8, 4) is 11.5 Å². The first-order chi connectivity index (χ1) is 8.66. The molecule has 0 unspecified atom stereocenters. The van der Waals surface area contributed by atoms with Crippen molar-refractivity contribution in [1.29, 1.82) is 0 Å². The lowest BCUT2D eigenvalue weighted by molar-refractivity contribution is 0.101. The zero-order chi connectivity index (χ0) is 12.7. The molecule has 1 heterocycles. The number of rotatable bonds is 1. The van der Waals surface area contributed by atoms with Crippen LogP contribution in [0.25, 0.3) is 0 Å². The van der Waals surface area contributed by atoms with E-state index in [1.54, 1.807) is 30.3 Å². The van der Waals surface area contributed by atoms with Crippen molar-refractivity contribution >= 4 is 16.6 Å². The Hall–Kier alpha value is -1.94. The lowest BCUT2D eigenvalue weighted by Crippen LogP contribution is -2.06. The van der Waals surface area contributed by atoms with E-state index in [1.165, 1.54) is 6.92 Å². The quantitative estimate of drug-likeness (QED) is 0.630. The van der Waals surface area contributed by atoms with Crippen molar-refractivity contribution in [1.82, 2.24) is 0 Å². The summed E-state index contributed by atoms with van der Waals surface area (Å²) in [7, 11) is -1.29. The van der Waals surface area contributed by atoms with Gasteiger partial charge in [-0.05, 0) is 37.3 Å². The summed E-state index contributed by atoms with van der Waals surface area (Å²) >= 11 is 0. The van der Waals surface area contributed by atoms with Gasteiger partial charge in [0.05, 0.1) is 20.6 Å². The Kier molecular flexibility index (Phi) is 2.52. The van der Waals surface area contributed by atoms with Gasteiger partial charge in [0.15, 0.2) is 5.78 Å². The second kappa shape index (κ2) is 4.07. The van der Waals surface area contributed by atoms with Gasteiger partial charge in [-0.3, -0.25) is 4.79 Å². The van der Waals surface area contributed by atoms with Gasteiger partial charge in [0.25, 0.3) is 0 Å². The third kappa shape index (κ3) is 1.66. The molecule has 2 aromatic rings. The fourth-order valence-corrected chi connectivity index (χ4v) is 3.14. The summed E-state index contributed by atoms with van der Waals surface area (Å²) in [5, 5.41) is 0. The van der Waals surface area contributed by atoms with Gasteiger partial charge < -0.3 is 4.74 Å². The zero-order valence-corrected chi connectivity index (χ0v) is 10.5. The van der Waals surface area contributed by atoms with E-state index in [0.717, 1.165) is 0 Å². The Morgan fingerprint density at radius 1 is 1.06 bits per heavy atom. The van der Waals surface area contributed by atoms with Gasteiger partial charge in [-0.1, -0.05) is 12.1 Å². The first-order valence-corrected chi connectivity index (χ1v) is 6.65. The van der Waals surface area contributed by atoms with E-state index in [1.807, 2.05) is 12.1 Å². The predicted octanol–water partition coefficient (Wildman–Crippen LogP) is 3.16. The van der Waals surface area contributed by atoms with Crippen molar-refractivity contribution in [3.63, 3.8) is 0 Å². The van der Waals surface area contributed by atoms with Crippen LogP contribution in [0.5, 0.6) is 11.5 Å². The second-order valence-electron chi connectivity index (χ2n) is 4.04. The molecule has 0 saturated carbocycles. The lowest BCUT2D eigenvalue weighted by atomic mass is 10.1. The summed E-state index contributed by atoms with van der Waals surface area (Å²) in [6.45, 7) is 1.49. The molecular formula is C14H10O3S. The number of ether oxygens (including phenoxy) is 1. The van der Waals surface area contributed by atoms with Crippen LogP contribution in [-0.2, 0) is 10.8 Å². The van der Waals surface area contributed by atoms with Crippen LogP contribution in [0.15, 0.2) is 52.3 Å². The fraction of sp³-hybridized carbons (Fsp3) is 0.0714. The molecule has 1 atom stereocenters. The van der Waals surface area contributed by atoms with Crippen LogP contribution in [0.3, 0.4) is 0 Å². The van der Waals surface area contributed by atoms with Gasteiger partial charge in [-0.2, -0.15) is 0 Å². The highest BCUT2D eigenvalue weighted by Crippen LogP contribution is 2.40. The van der Waals surface area contributed by atoms with E-state index in [9.17, 15) is 9.00 Å². The Balaban J connectivity index is 2.17. The normalized spacial score (nSPS) is 16.4. The average Bonchev–Trinajstić information content (AvgIpc) is 2.38. The van der Waals surface area contributed by atoms with E-state index in [0.29, 0.717) is 26.9 Å². The van der Waals surface area contributed by atoms with Gasteiger partial charge in [0.2, 0.25) is 0 Å². The first-order valence-electron chi connectivity index (χ1n) is 5.50. The molecule has 0 spiro atoms. The number of hydrogen-bond acceptors (Lipinski definition) is 3. The summed E-state index contributed by atoms with van der Waals surface area (Å²) in [6.07, 6.45) is 0. The maximum atomic E-state index is 12.4. The fourth-order valence-electron chi connectivity index (χ4n) is 1.88. The summed E-state index contributed by atoms with van der Waals surface area (Å²) in [5.74, 6) is 1.12. The molecule has 0 aliphatic carbocycles. The summed E-state index contributed by atoms with van der Waals surface area (Å²) in [5.41, 5.74) is 0.546. The average molecular weight is 258 g/mol. The zero-order valence-electron chi connectivity index (χ0n) is 9.67. The summed E-state index contributed by atoms with van der Waals surface area (Å²) < 4.78 is 18.1. The predicted molar refractivity (Wildman–Crippen MR) is 67.6 cm³/mol. The summed E-state index contributed by atoms with van der Waals surface area (Å²) in [6, 6.07) is 12.2. The van der Waals surface area contributed by atoms with Crippen molar-refractivity contribution < 1.29 is 13.7 Å². The molecule has 2 aromatic carbocycles. The highest BCUT2D eigenvalue weighted by atomic mass is 32.2. The molecule has 4 heteroatoms. The molecule has 3 rings (SSSR count). The minimum atomic E-state index is -1.29. The molecule has 3 nitrogen and oxygen atoms in total. The number of ketones is 1. The molecule has 0 N–H and O–H groups in total. The Morgan fingerprint density at radius 2 is 1.78 bits per heavy atom. The molecule has 0 amide bonds. The Bertz CT molecular complexity index is 676. The first kappa shape index (κ1) is 11.2. The number of benzene rings is 2. The topological polar surface area (TPSA) is 43.4 Å². The third-order valence-corrected chi connectivity index (χ3v) is 4.27. The molecule has 0 fully saturated rings. The number of hydrogen-bond donors (Lipinski definition) is 0. The van der Waals surface area contributed by atoms with Gasteiger partial charge in [-0.25, -0.2) is 4.21 Å². The van der Waals surface area contributed by atoms with Gasteiger partial charge in [0.1, 0.15) is 11.5 Å². The SMILES string of the molecule is CC(=O)c1ccc2c(c1)[S@@](=O)c1ccccc1O2. The highest BCUT2D eigenvalue weighted by Gasteiger charge is 2.24. The van der Waals surface area contributed by atoms with E-state index in [-0.39, 0.29) is 5.78 Å². The van der Waals surface area contributed by atoms with E-state index < -0.39 is 10.8 Å². The van der Waals surface area contributed by atoms with Crippen LogP contribution in [-0.4, -0.2) is 9.99 Å². The van der Waals surface area contributed by atoms with Crippen LogP contribution in [0.2, 0.25) is 0 Å². The van der Waals surface area contributed by atoms with Gasteiger partial charge >= 0.3 is 0 Å². The van der Waals surface area contributed by atoms with Crippen molar-refractivity contribution in [3.05, 3.63) is 48.0 Å². The minimum Gasteiger partial charge on any atom is -0.455 e. The van der Waals surface area contributed by atoms with Crippen LogP contribution < -0.4 is 4.74 Å². The molecule has 0 bridgehead atoms. The van der Waals surface area contributed by atoms with Crippen molar-refractivity contribution in [2.45, 2.75) is 16.7 Å². The van der Waals surface area contributed by atoms with Crippen LogP contribution in [0, 0.1) is 0 Å². The summed E-state index contributed by atoms with van der Waals surface area (Å²) in [4.78, 5) is 12.5. The Morgan fingerprint density at radius 3 is 2.56 bits per heavy atom. The molecule has 1 aliphatic heterocycles. The third-order valence-electron chi connectivity index (χ3n) is 2.82. The van der Waals surface area contributed by atoms with E-state index in [4.69, 9.17) is 4.74 Å². The smallest absolute Gasteiger partial charge is 0.159 e. The van der Waals surface area contributed by atoms with E-state index >= 15 is 0 Å². The number of para-hydroxylation sites is 1. The van der Waals surface area contributed by atoms with Crippen molar-refractivity contribution in [2.75, 3.05) is 0 Å². The van der Waals surface area contributed by atoms with Crippen LogP contribution in [0.1, 0.15) is 17.3 Å². The molecule has 0 radical (unpaired) electrons. The molecular weight excluding hydrogens is 248 g/mol. The van der Waals surface area contributed by atoms with Crippen molar-refractivity contribution in [2.24, 2.45) is 0 Å². The van der Waals surface area contributed by atoms with Crippen LogP contribution >= 0.6 is 0 Å². The van der Waals surface area contributed by atoms with Gasteiger partial charge in [-0.15, -0.1) is 0 Å². The maximum Gasteiger partial charge on any atom is 0.159 e. The second-order valence-corrected chi connectivity index (χ2v) is 5.45.